The van der Waals surface area contributed by atoms with E-state index in [2.05, 4.69) is 60.0 Å². The summed E-state index contributed by atoms with van der Waals surface area (Å²) in [6.07, 6.45) is -1.30. The third-order valence-corrected chi connectivity index (χ3v) is 12.8. The van der Waals surface area contributed by atoms with E-state index >= 15 is 0 Å². The van der Waals surface area contributed by atoms with Gasteiger partial charge in [0.15, 0.2) is 9.84 Å². The number of hydrogen-bond donors (Lipinski definition) is 5. The summed E-state index contributed by atoms with van der Waals surface area (Å²) in [5, 5.41) is 42.7. The normalized spacial score (nSPS) is 11.6. The zero-order valence-electron chi connectivity index (χ0n) is 36.9. The van der Waals surface area contributed by atoms with Crippen LogP contribution in [0.2, 0.25) is 0 Å². The standard InChI is InChI=1S/C35H30FN9O17S5.4Na/c36-33-41-34(39-22-4-1-19(2-5-22)32(47)38-21-6-9-24(10-7-21)64(49,50)14-13-60-67(57,58)59)43-35(42-33)40-23-8-12-29(66(54,55)56)27(16-23)44-45-31-26(37-18-63-62-61-48)11-3-20-15-25(65(51,52)53)17-28(46)30(20)31;;;;/h1-12,15-17,37,46,48H,13-14,18H2,(H,38,47)(H,51,52,53)(H,54,55,56)(H,57,58,59)(H2,39,40,41,42,43);;;;/q;4*+1/p-4. The molecule has 0 unspecified atom stereocenters. The van der Waals surface area contributed by atoms with Crippen molar-refractivity contribution in [1.82, 2.24) is 15.0 Å². The van der Waals surface area contributed by atoms with Crippen LogP contribution in [-0.2, 0) is 54.0 Å². The number of aromatic nitrogens is 3. The number of fused-ring (bicyclic) bond motifs is 1. The SMILES string of the molecule is O=C(Nc1ccc(S(=O)(=O)CCOS(=O)(=O)[O-])cc1)c1ccc(Nc2nc(F)nc(Nc3ccc(S(=O)(=O)[O-])c(N=Nc4c(NCSOO[O-])ccc5cc(S(=O)(=O)[O-])cc(O)c45)c3)n2)cc1.[Na+].[Na+].[Na+].[Na+]. The molecule has 354 valence electrons. The number of benzene rings is 5. The zero-order chi connectivity index (χ0) is 48.7. The van der Waals surface area contributed by atoms with Gasteiger partial charge in [-0.2, -0.15) is 23.7 Å². The van der Waals surface area contributed by atoms with Crippen LogP contribution < -0.4 is 145 Å². The van der Waals surface area contributed by atoms with Crippen LogP contribution in [0, 0.1) is 6.08 Å². The van der Waals surface area contributed by atoms with Gasteiger partial charge in [-0.15, -0.1) is 10.2 Å². The Bertz CT molecular complexity index is 3360. The second kappa shape index (κ2) is 27.8. The molecular formula is C35H26FN9Na4O17S5. The second-order valence-corrected chi connectivity index (χ2v) is 19.5. The zero-order valence-corrected chi connectivity index (χ0v) is 49.0. The molecule has 5 N–H and O–H groups in total. The van der Waals surface area contributed by atoms with Gasteiger partial charge in [0.25, 0.3) is 5.91 Å². The largest absolute Gasteiger partial charge is 1.00 e. The molecule has 0 saturated heterocycles. The summed E-state index contributed by atoms with van der Waals surface area (Å²) in [7, 11) is -19.4. The van der Waals surface area contributed by atoms with E-state index in [1.165, 1.54) is 48.5 Å². The number of halogens is 1. The Kier molecular flexibility index (Phi) is 25.3. The van der Waals surface area contributed by atoms with Crippen molar-refractivity contribution in [3.05, 3.63) is 103 Å². The first-order valence-corrected chi connectivity index (χ1v) is 24.6. The van der Waals surface area contributed by atoms with Crippen molar-refractivity contribution in [2.75, 3.05) is 39.5 Å². The summed E-state index contributed by atoms with van der Waals surface area (Å²) in [5.41, 5.74) is -0.401. The maximum Gasteiger partial charge on any atom is 1.00 e. The number of phenols is 1. The molecule has 1 heterocycles. The van der Waals surface area contributed by atoms with Gasteiger partial charge in [0.2, 0.25) is 22.3 Å². The smallest absolute Gasteiger partial charge is 0.744 e. The molecule has 0 bridgehead atoms. The predicted octanol–water partition coefficient (Wildman–Crippen LogP) is -8.66. The first kappa shape index (κ1) is 64.6. The number of carbonyl (C=O) groups excluding carboxylic acids is 1. The van der Waals surface area contributed by atoms with Crippen molar-refractivity contribution in [2.24, 2.45) is 10.2 Å². The van der Waals surface area contributed by atoms with Gasteiger partial charge in [-0.3, -0.25) is 14.0 Å². The fourth-order valence-corrected chi connectivity index (χ4v) is 8.57. The Hall–Kier alpha value is -2.56. The third-order valence-electron chi connectivity index (χ3n) is 8.53. The molecule has 5 aromatic carbocycles. The average Bonchev–Trinajstić information content (AvgIpc) is 3.23. The summed E-state index contributed by atoms with van der Waals surface area (Å²) < 4.78 is 151. The van der Waals surface area contributed by atoms with Crippen molar-refractivity contribution in [3.63, 3.8) is 0 Å². The van der Waals surface area contributed by atoms with Crippen LogP contribution >= 0.6 is 12.0 Å². The van der Waals surface area contributed by atoms with E-state index in [1.54, 1.807) is 0 Å². The van der Waals surface area contributed by atoms with Crippen molar-refractivity contribution in [3.8, 4) is 5.75 Å². The summed E-state index contributed by atoms with van der Waals surface area (Å²) in [4.78, 5) is 22.2. The van der Waals surface area contributed by atoms with Gasteiger partial charge in [-0.1, -0.05) is 6.07 Å². The molecule has 36 heteroatoms. The number of hydrogen-bond acceptors (Lipinski definition) is 26. The van der Waals surface area contributed by atoms with Gasteiger partial charge in [0.1, 0.15) is 37.4 Å². The topological polar surface area (TPSA) is 405 Å². The molecule has 0 aliphatic heterocycles. The molecule has 0 radical (unpaired) electrons. The number of anilines is 6. The molecule has 0 aliphatic rings. The Balaban J connectivity index is 0.00000432. The number of phenolic OH excluding ortho intramolecular Hbond substituents is 1. The molecule has 0 fully saturated rings. The summed E-state index contributed by atoms with van der Waals surface area (Å²) in [6.45, 7) is -0.886. The number of aromatic hydroxyl groups is 1. The van der Waals surface area contributed by atoms with E-state index in [-0.39, 0.29) is 180 Å². The molecule has 0 saturated carbocycles. The number of nitrogens with zero attached hydrogens (tertiary/aromatic N) is 5. The Morgan fingerprint density at radius 3 is 1.92 bits per heavy atom. The minimum atomic E-state index is -5.26. The minimum Gasteiger partial charge on any atom is -0.744 e. The van der Waals surface area contributed by atoms with Crippen LogP contribution in [0.3, 0.4) is 0 Å². The van der Waals surface area contributed by atoms with E-state index in [4.69, 9.17) is 0 Å². The van der Waals surface area contributed by atoms with Crippen LogP contribution in [-0.4, -0.2) is 91.5 Å². The monoisotopic (exact) mass is 1110 g/mol. The molecule has 6 rings (SSSR count). The van der Waals surface area contributed by atoms with E-state index in [1.807, 2.05) is 0 Å². The Labute approximate surface area is 495 Å². The van der Waals surface area contributed by atoms with E-state index in [0.717, 1.165) is 36.4 Å². The van der Waals surface area contributed by atoms with Crippen LogP contribution in [0.4, 0.5) is 50.4 Å². The quantitative estimate of drug-likeness (QED) is 0.00545. The first-order chi connectivity index (χ1) is 31.5. The van der Waals surface area contributed by atoms with Crippen LogP contribution in [0.5, 0.6) is 5.75 Å². The molecule has 1 aromatic heterocycles. The molecule has 1 amide bonds. The molecule has 26 nitrogen and oxygen atoms in total. The van der Waals surface area contributed by atoms with E-state index in [9.17, 15) is 66.9 Å². The van der Waals surface area contributed by atoms with Gasteiger partial charge >= 0.3 is 124 Å². The third kappa shape index (κ3) is 18.7. The van der Waals surface area contributed by atoms with Crippen LogP contribution in [0.25, 0.3) is 10.8 Å². The number of azo groups is 1. The fraction of sp³-hybridized carbons (Fsp3) is 0.0857. The van der Waals surface area contributed by atoms with Crippen molar-refractivity contribution >= 4 is 115 Å². The van der Waals surface area contributed by atoms with Crippen LogP contribution in [0.15, 0.2) is 116 Å². The van der Waals surface area contributed by atoms with Gasteiger partial charge in [-0.25, -0.2) is 33.7 Å². The van der Waals surface area contributed by atoms with Gasteiger partial charge in [0, 0.05) is 22.6 Å². The number of sulfone groups is 1. The molecule has 0 atom stereocenters. The first-order valence-electron chi connectivity index (χ1n) is 17.9. The number of amides is 1. The summed E-state index contributed by atoms with van der Waals surface area (Å²) in [6, 6.07) is 17.4. The van der Waals surface area contributed by atoms with Gasteiger partial charge in [0.05, 0.1) is 56.0 Å². The van der Waals surface area contributed by atoms with E-state index < -0.39 is 92.0 Å². The van der Waals surface area contributed by atoms with Crippen LogP contribution in [0.1, 0.15) is 10.4 Å². The maximum atomic E-state index is 14.7. The van der Waals surface area contributed by atoms with Crippen molar-refractivity contribution in [1.29, 1.82) is 0 Å². The molecule has 0 aliphatic carbocycles. The number of nitrogens with one attached hydrogen (secondary N) is 4. The maximum absolute atomic E-state index is 14.7. The summed E-state index contributed by atoms with van der Waals surface area (Å²) in [5.74, 6) is -3.21. The fourth-order valence-electron chi connectivity index (χ4n) is 5.67. The second-order valence-electron chi connectivity index (χ2n) is 13.0. The van der Waals surface area contributed by atoms with Crippen molar-refractivity contribution in [2.45, 2.75) is 14.7 Å². The number of carbonyl (C=O) groups is 1. The molecule has 0 spiro atoms. The van der Waals surface area contributed by atoms with Gasteiger partial charge < -0.3 is 45.3 Å². The predicted molar refractivity (Wildman–Crippen MR) is 225 cm³/mol. The molecule has 71 heavy (non-hydrogen) atoms. The Morgan fingerprint density at radius 1 is 0.718 bits per heavy atom. The van der Waals surface area contributed by atoms with Crippen molar-refractivity contribution < 1.29 is 199 Å². The summed E-state index contributed by atoms with van der Waals surface area (Å²) >= 11 is 0.478. The van der Waals surface area contributed by atoms with E-state index in [0.29, 0.717) is 18.1 Å². The Morgan fingerprint density at radius 2 is 1.32 bits per heavy atom. The minimum absolute atomic E-state index is 0. The molecule has 6 aromatic rings. The average molecular weight is 1120 g/mol. The van der Waals surface area contributed by atoms with Gasteiger partial charge in [-0.05, 0) is 90.3 Å². The number of rotatable bonds is 20. The molecular weight excluding hydrogens is 1090 g/mol.